The van der Waals surface area contributed by atoms with Crippen molar-refractivity contribution in [2.45, 2.75) is 43.9 Å². The van der Waals surface area contributed by atoms with Gasteiger partial charge in [0.05, 0.1) is 0 Å². The average molecular weight is 738 g/mol. The summed E-state index contributed by atoms with van der Waals surface area (Å²) in [7, 11) is 0. The number of benzene rings is 2. The maximum atomic E-state index is 13.9. The van der Waals surface area contributed by atoms with Crippen molar-refractivity contribution in [2.24, 2.45) is 5.16 Å². The maximum Gasteiger partial charge on any atom is 0.356 e. The van der Waals surface area contributed by atoms with Crippen molar-refractivity contribution in [3.8, 4) is 0 Å². The number of fused-ring (bicyclic) bond motifs is 1. The summed E-state index contributed by atoms with van der Waals surface area (Å²) >= 11 is 8.50. The van der Waals surface area contributed by atoms with Crippen molar-refractivity contribution < 1.29 is 38.3 Å². The summed E-state index contributed by atoms with van der Waals surface area (Å²) in [5, 5.41) is 8.17. The Hall–Kier alpha value is -4.99. The van der Waals surface area contributed by atoms with Gasteiger partial charge < -0.3 is 24.9 Å². The summed E-state index contributed by atoms with van der Waals surface area (Å²) in [6.07, 6.45) is 1.12. The highest BCUT2D eigenvalue weighted by Gasteiger charge is 2.54. The van der Waals surface area contributed by atoms with E-state index < -0.39 is 59.2 Å². The van der Waals surface area contributed by atoms with Crippen molar-refractivity contribution in [3.05, 3.63) is 106 Å². The normalized spacial score (nSPS) is 17.3. The number of ether oxygens (including phenoxy) is 2. The molecule has 0 spiro atoms. The zero-order chi connectivity index (χ0) is 36.0. The number of halogens is 1. The number of hydrogen-bond acceptors (Lipinski definition) is 12. The van der Waals surface area contributed by atoms with E-state index in [1.54, 1.807) is 20.8 Å². The number of nitrogens with zero attached hydrogens (tertiary/aromatic N) is 3. The van der Waals surface area contributed by atoms with Gasteiger partial charge in [-0.3, -0.25) is 19.3 Å². The number of hydrogen-bond donors (Lipinski definition) is 2. The second-order valence-electron chi connectivity index (χ2n) is 11.7. The van der Waals surface area contributed by atoms with Crippen LogP contribution in [0.4, 0.5) is 5.13 Å². The minimum atomic E-state index is -1.10. The molecule has 2 aromatic carbocycles. The molecule has 3 aromatic rings. The summed E-state index contributed by atoms with van der Waals surface area (Å²) in [6, 6.07) is 17.3. The van der Waals surface area contributed by atoms with Gasteiger partial charge in [0.15, 0.2) is 16.9 Å². The molecule has 2 N–H and O–H groups in total. The summed E-state index contributed by atoms with van der Waals surface area (Å²) in [5.74, 6) is -2.67. The van der Waals surface area contributed by atoms with Crippen LogP contribution in [0.5, 0.6) is 0 Å². The zero-order valence-electron chi connectivity index (χ0n) is 27.1. The van der Waals surface area contributed by atoms with Crippen molar-refractivity contribution >= 4 is 75.7 Å². The fourth-order valence-electron chi connectivity index (χ4n) is 5.02. The molecular weight excluding hydrogens is 706 g/mol. The van der Waals surface area contributed by atoms with Crippen LogP contribution in [0.1, 0.15) is 43.7 Å². The molecule has 1 saturated heterocycles. The molecule has 2 aliphatic heterocycles. The van der Waals surface area contributed by atoms with Crippen molar-refractivity contribution in [2.75, 3.05) is 17.7 Å². The average Bonchev–Trinajstić information content (AvgIpc) is 3.46. The molecule has 260 valence electrons. The van der Waals surface area contributed by atoms with E-state index in [4.69, 9.17) is 25.9 Å². The Morgan fingerprint density at radius 2 is 1.76 bits per heavy atom. The molecule has 50 heavy (non-hydrogen) atoms. The Labute approximate surface area is 300 Å². The van der Waals surface area contributed by atoms with E-state index in [1.807, 2.05) is 60.7 Å². The molecule has 2 atom stereocenters. The molecule has 0 radical (unpaired) electrons. The number of rotatable bonds is 13. The molecule has 13 nitrogen and oxygen atoms in total. The van der Waals surface area contributed by atoms with Crippen molar-refractivity contribution in [1.82, 2.24) is 15.2 Å². The van der Waals surface area contributed by atoms with E-state index in [9.17, 15) is 24.0 Å². The lowest BCUT2D eigenvalue weighted by atomic mass is 10.0. The lowest BCUT2D eigenvalue weighted by Crippen LogP contribution is -2.71. The van der Waals surface area contributed by atoms with Crippen LogP contribution in [0.25, 0.3) is 0 Å². The Balaban J connectivity index is 1.37. The Morgan fingerprint density at radius 3 is 2.34 bits per heavy atom. The highest BCUT2D eigenvalue weighted by Crippen LogP contribution is 2.42. The summed E-state index contributed by atoms with van der Waals surface area (Å²) in [6.45, 7) is 8.22. The third-order valence-electron chi connectivity index (χ3n) is 7.12. The first-order valence-corrected chi connectivity index (χ1v) is 17.4. The van der Waals surface area contributed by atoms with Crippen molar-refractivity contribution in [1.29, 1.82) is 0 Å². The Morgan fingerprint density at radius 1 is 1.12 bits per heavy atom. The first kappa shape index (κ1) is 36.3. The predicted octanol–water partition coefficient (Wildman–Crippen LogP) is 4.60. The number of carbonyl (C=O) groups is 5. The van der Waals surface area contributed by atoms with Crippen LogP contribution < -0.4 is 10.6 Å². The van der Waals surface area contributed by atoms with Crippen molar-refractivity contribution in [3.63, 3.8) is 0 Å². The molecule has 2 aliphatic rings. The lowest BCUT2D eigenvalue weighted by Gasteiger charge is -2.49. The molecule has 16 heteroatoms. The number of amides is 3. The number of esters is 2. The molecule has 1 unspecified atom stereocenters. The molecule has 0 bridgehead atoms. The Bertz CT molecular complexity index is 1820. The Kier molecular flexibility index (Phi) is 11.4. The van der Waals surface area contributed by atoms with Gasteiger partial charge in [0, 0.05) is 5.75 Å². The number of aromatic nitrogens is 1. The van der Waals surface area contributed by atoms with Crippen LogP contribution >= 0.6 is 34.7 Å². The topological polar surface area (TPSA) is 166 Å². The van der Waals surface area contributed by atoms with Gasteiger partial charge in [-0.05, 0) is 37.5 Å². The van der Waals surface area contributed by atoms with Crippen LogP contribution in [-0.2, 0) is 38.3 Å². The third-order valence-corrected chi connectivity index (χ3v) is 9.61. The fourth-order valence-corrected chi connectivity index (χ4v) is 7.36. The number of allylic oxidation sites excluding steroid dienone is 1. The molecular formula is C34H32ClN5O8S2. The van der Waals surface area contributed by atoms with E-state index in [2.05, 4.69) is 27.4 Å². The predicted molar refractivity (Wildman–Crippen MR) is 188 cm³/mol. The smallest absolute Gasteiger partial charge is 0.356 e. The SMILES string of the molecule is C=CC1=C(C(=O)OC(c2ccccc2)c2ccccc2)N2C(=O)C(NC(=O)C(=NOCC(=O)OC(C)(C)C)c3nc(NC=O)sc3Cl)[C@H]2SC1. The van der Waals surface area contributed by atoms with E-state index in [-0.39, 0.29) is 20.9 Å². The minimum absolute atomic E-state index is 0.0206. The second kappa shape index (κ2) is 15.7. The van der Waals surface area contributed by atoms with Gasteiger partial charge in [0.1, 0.15) is 32.7 Å². The van der Waals surface area contributed by atoms with Gasteiger partial charge in [0.2, 0.25) is 13.0 Å². The molecule has 1 fully saturated rings. The van der Waals surface area contributed by atoms with Crippen LogP contribution in [0, 0.1) is 0 Å². The molecule has 1 aromatic heterocycles. The molecule has 0 saturated carbocycles. The standard InChI is InChI=1S/C34H32ClN5O8S2/c1-5-19-17-49-31-25(30(44)40(31)26(19)32(45)47-27(20-12-8-6-9-13-20)21-14-10-7-11-15-21)37-29(43)24(23-28(35)50-33(38-23)36-18-41)39-46-16-22(42)48-34(2,3)4/h5-15,18,25,27,31H,1,16-17H2,2-4H3,(H,37,43)(H,36,38,41)/t25?,31-/m1/s1. The number of nitrogens with one attached hydrogen (secondary N) is 2. The van der Waals surface area contributed by atoms with Crippen LogP contribution in [0.2, 0.25) is 4.34 Å². The minimum Gasteiger partial charge on any atom is -0.457 e. The molecule has 0 aliphatic carbocycles. The van der Waals surface area contributed by atoms with Crippen LogP contribution in [-0.4, -0.2) is 75.1 Å². The van der Waals surface area contributed by atoms with Crippen LogP contribution in [0.15, 0.2) is 89.7 Å². The largest absolute Gasteiger partial charge is 0.457 e. The molecule has 3 amide bonds. The van der Waals surface area contributed by atoms with Gasteiger partial charge in [-0.25, -0.2) is 14.6 Å². The van der Waals surface area contributed by atoms with Gasteiger partial charge in [-0.2, -0.15) is 0 Å². The number of oxime groups is 1. The van der Waals surface area contributed by atoms with Gasteiger partial charge in [0.25, 0.3) is 11.8 Å². The number of anilines is 1. The third kappa shape index (κ3) is 8.23. The van der Waals surface area contributed by atoms with E-state index in [0.717, 1.165) is 22.5 Å². The summed E-state index contributed by atoms with van der Waals surface area (Å²) in [5.41, 5.74) is 0.589. The van der Waals surface area contributed by atoms with E-state index in [0.29, 0.717) is 17.7 Å². The van der Waals surface area contributed by atoms with Crippen LogP contribution in [0.3, 0.4) is 0 Å². The number of carbonyl (C=O) groups excluding carboxylic acids is 5. The van der Waals surface area contributed by atoms with Gasteiger partial charge >= 0.3 is 11.9 Å². The number of thioether (sulfide) groups is 1. The maximum absolute atomic E-state index is 13.9. The zero-order valence-corrected chi connectivity index (χ0v) is 29.5. The number of thiazole rings is 1. The van der Waals surface area contributed by atoms with E-state index >= 15 is 0 Å². The lowest BCUT2D eigenvalue weighted by molar-refractivity contribution is -0.160. The second-order valence-corrected chi connectivity index (χ2v) is 14.5. The summed E-state index contributed by atoms with van der Waals surface area (Å²) in [4.78, 5) is 75.0. The first-order valence-electron chi connectivity index (χ1n) is 15.1. The first-order chi connectivity index (χ1) is 23.9. The highest BCUT2D eigenvalue weighted by atomic mass is 35.5. The highest BCUT2D eigenvalue weighted by molar-refractivity contribution is 8.00. The van der Waals surface area contributed by atoms with Gasteiger partial charge in [-0.1, -0.05) is 101 Å². The number of β-lactam (4-membered cyclic amide) rings is 1. The summed E-state index contributed by atoms with van der Waals surface area (Å²) < 4.78 is 11.3. The van der Waals surface area contributed by atoms with E-state index in [1.165, 1.54) is 22.7 Å². The quantitative estimate of drug-likeness (QED) is 0.0833. The molecule has 5 rings (SSSR count). The fraction of sp³-hybridized carbons (Fsp3) is 0.265. The molecule has 3 heterocycles. The van der Waals surface area contributed by atoms with Gasteiger partial charge in [-0.15, -0.1) is 11.8 Å². The monoisotopic (exact) mass is 737 g/mol.